The van der Waals surface area contributed by atoms with Gasteiger partial charge in [-0.1, -0.05) is 43.0 Å². The molecule has 2 aromatic carbocycles. The minimum Gasteiger partial charge on any atom is -0.277 e. The highest BCUT2D eigenvalue weighted by atomic mass is 16.2. The first-order valence-electron chi connectivity index (χ1n) is 5.93. The van der Waals surface area contributed by atoms with Crippen molar-refractivity contribution < 1.29 is 4.79 Å². The van der Waals surface area contributed by atoms with Crippen LogP contribution >= 0.6 is 0 Å². The van der Waals surface area contributed by atoms with E-state index in [-0.39, 0.29) is 5.91 Å². The molecule has 0 N–H and O–H groups in total. The lowest BCUT2D eigenvalue weighted by molar-refractivity contribution is -0.113. The first-order chi connectivity index (χ1) is 8.81. The maximum absolute atomic E-state index is 12.1. The second-order valence-corrected chi connectivity index (χ2v) is 4.31. The van der Waals surface area contributed by atoms with E-state index in [1.807, 2.05) is 36.4 Å². The van der Waals surface area contributed by atoms with Crippen LogP contribution in [0.1, 0.15) is 11.1 Å². The number of carbonyl (C=O) groups is 1. The molecule has 1 aliphatic heterocycles. The van der Waals surface area contributed by atoms with Gasteiger partial charge in [0, 0.05) is 6.42 Å². The fraction of sp³-hybridized carbons (Fsp3) is 0.0625. The number of fused-ring (bicyclic) bond motifs is 2. The van der Waals surface area contributed by atoms with Crippen LogP contribution < -0.4 is 4.90 Å². The van der Waals surface area contributed by atoms with Gasteiger partial charge in [-0.15, -0.1) is 0 Å². The highest BCUT2D eigenvalue weighted by Crippen LogP contribution is 2.38. The fourth-order valence-electron chi connectivity index (χ4n) is 2.42. The van der Waals surface area contributed by atoms with Gasteiger partial charge < -0.3 is 0 Å². The van der Waals surface area contributed by atoms with Crippen molar-refractivity contribution in [1.82, 2.24) is 0 Å². The molecule has 3 rings (SSSR count). The topological polar surface area (TPSA) is 20.3 Å². The maximum Gasteiger partial charge on any atom is 0.254 e. The number of hydrogen-bond acceptors (Lipinski definition) is 1. The molecule has 2 nitrogen and oxygen atoms in total. The molecule has 0 bridgehead atoms. The number of amides is 1. The molecule has 0 atom stereocenters. The molecule has 2 aromatic rings. The van der Waals surface area contributed by atoms with Gasteiger partial charge in [-0.25, -0.2) is 0 Å². The van der Waals surface area contributed by atoms with Crippen LogP contribution in [0.15, 0.2) is 61.2 Å². The van der Waals surface area contributed by atoms with Crippen LogP contribution in [-0.2, 0) is 11.2 Å². The summed E-state index contributed by atoms with van der Waals surface area (Å²) in [4.78, 5) is 13.8. The molecular formula is C16H13NO. The molecular weight excluding hydrogens is 222 g/mol. The van der Waals surface area contributed by atoms with E-state index < -0.39 is 0 Å². The number of benzene rings is 2. The quantitative estimate of drug-likeness (QED) is 0.693. The fourth-order valence-corrected chi connectivity index (χ4v) is 2.42. The molecule has 0 spiro atoms. The summed E-state index contributed by atoms with van der Waals surface area (Å²) in [6, 6.07) is 16.0. The number of rotatable bonds is 1. The third-order valence-corrected chi connectivity index (χ3v) is 3.24. The van der Waals surface area contributed by atoms with E-state index in [1.165, 1.54) is 17.2 Å². The summed E-state index contributed by atoms with van der Waals surface area (Å²) in [6.07, 6.45) is 2.23. The zero-order valence-electron chi connectivity index (χ0n) is 9.97. The molecule has 0 saturated carbocycles. The summed E-state index contributed by atoms with van der Waals surface area (Å²) < 4.78 is 0. The summed E-state index contributed by atoms with van der Waals surface area (Å²) in [6.45, 7) is 3.59. The standard InChI is InChI=1S/C16H13NO/c1-2-16(18)17-14-9-5-3-7-12(14)11-13-8-4-6-10-15(13)17/h2-10H,1,11H2. The van der Waals surface area contributed by atoms with Crippen LogP contribution in [0.3, 0.4) is 0 Å². The van der Waals surface area contributed by atoms with Gasteiger partial charge in [-0.05, 0) is 29.3 Å². The van der Waals surface area contributed by atoms with E-state index in [1.54, 1.807) is 4.90 Å². The van der Waals surface area contributed by atoms with Crippen molar-refractivity contribution in [3.05, 3.63) is 72.3 Å². The van der Waals surface area contributed by atoms with Gasteiger partial charge in [0.15, 0.2) is 0 Å². The molecule has 1 aliphatic rings. The van der Waals surface area contributed by atoms with Crippen molar-refractivity contribution in [3.8, 4) is 0 Å². The molecule has 0 saturated heterocycles. The third-order valence-electron chi connectivity index (χ3n) is 3.24. The van der Waals surface area contributed by atoms with E-state index in [4.69, 9.17) is 0 Å². The number of nitrogens with zero attached hydrogens (tertiary/aromatic N) is 1. The summed E-state index contributed by atoms with van der Waals surface area (Å²) in [7, 11) is 0. The van der Waals surface area contributed by atoms with Crippen molar-refractivity contribution in [2.24, 2.45) is 0 Å². The lowest BCUT2D eigenvalue weighted by atomic mass is 9.95. The van der Waals surface area contributed by atoms with E-state index >= 15 is 0 Å². The highest BCUT2D eigenvalue weighted by Gasteiger charge is 2.25. The minimum absolute atomic E-state index is 0.0883. The van der Waals surface area contributed by atoms with Gasteiger partial charge in [0.2, 0.25) is 0 Å². The second kappa shape index (κ2) is 4.15. The van der Waals surface area contributed by atoms with Gasteiger partial charge in [0.1, 0.15) is 0 Å². The molecule has 1 amide bonds. The molecule has 18 heavy (non-hydrogen) atoms. The van der Waals surface area contributed by atoms with Crippen LogP contribution in [0, 0.1) is 0 Å². The molecule has 0 radical (unpaired) electrons. The van der Waals surface area contributed by atoms with E-state index in [0.717, 1.165) is 17.8 Å². The molecule has 0 fully saturated rings. The first-order valence-corrected chi connectivity index (χ1v) is 5.93. The van der Waals surface area contributed by atoms with Crippen molar-refractivity contribution in [3.63, 3.8) is 0 Å². The Morgan fingerprint density at radius 3 is 2.00 bits per heavy atom. The molecule has 0 aromatic heterocycles. The summed E-state index contributed by atoms with van der Waals surface area (Å²) in [5.74, 6) is -0.0883. The Kier molecular flexibility index (Phi) is 2.49. The average molecular weight is 235 g/mol. The Labute approximate surface area is 106 Å². The van der Waals surface area contributed by atoms with E-state index in [9.17, 15) is 4.79 Å². The normalized spacial score (nSPS) is 12.6. The van der Waals surface area contributed by atoms with Gasteiger partial charge in [0.25, 0.3) is 5.91 Å². The number of carbonyl (C=O) groups excluding carboxylic acids is 1. The molecule has 0 aliphatic carbocycles. The number of para-hydroxylation sites is 2. The van der Waals surface area contributed by atoms with E-state index in [0.29, 0.717) is 0 Å². The van der Waals surface area contributed by atoms with Gasteiger partial charge in [-0.2, -0.15) is 0 Å². The van der Waals surface area contributed by atoms with Crippen molar-refractivity contribution in [2.75, 3.05) is 4.90 Å². The van der Waals surface area contributed by atoms with Crippen LogP contribution in [0.5, 0.6) is 0 Å². The summed E-state index contributed by atoms with van der Waals surface area (Å²) >= 11 is 0. The monoisotopic (exact) mass is 235 g/mol. The smallest absolute Gasteiger partial charge is 0.254 e. The molecule has 1 heterocycles. The zero-order chi connectivity index (χ0) is 12.5. The van der Waals surface area contributed by atoms with Gasteiger partial charge >= 0.3 is 0 Å². The van der Waals surface area contributed by atoms with Crippen molar-refractivity contribution in [2.45, 2.75) is 6.42 Å². The third kappa shape index (κ3) is 1.54. The molecule has 2 heteroatoms. The van der Waals surface area contributed by atoms with Crippen molar-refractivity contribution >= 4 is 17.3 Å². The van der Waals surface area contributed by atoms with Crippen LogP contribution in [0.25, 0.3) is 0 Å². The number of anilines is 2. The molecule has 0 unspecified atom stereocenters. The predicted molar refractivity (Wildman–Crippen MR) is 73.0 cm³/mol. The molecule has 88 valence electrons. The van der Waals surface area contributed by atoms with Crippen LogP contribution in [0.2, 0.25) is 0 Å². The van der Waals surface area contributed by atoms with Gasteiger partial charge in [-0.3, -0.25) is 9.69 Å². The summed E-state index contributed by atoms with van der Waals surface area (Å²) in [5, 5.41) is 0. The first kappa shape index (κ1) is 10.8. The van der Waals surface area contributed by atoms with Crippen LogP contribution in [0.4, 0.5) is 11.4 Å². The highest BCUT2D eigenvalue weighted by molar-refractivity contribution is 6.08. The zero-order valence-corrected chi connectivity index (χ0v) is 9.97. The Balaban J connectivity index is 2.23. The maximum atomic E-state index is 12.1. The second-order valence-electron chi connectivity index (χ2n) is 4.31. The average Bonchev–Trinajstić information content (AvgIpc) is 2.44. The predicted octanol–water partition coefficient (Wildman–Crippen LogP) is 3.44. The lowest BCUT2D eigenvalue weighted by Crippen LogP contribution is -2.28. The Bertz CT molecular complexity index is 585. The number of hydrogen-bond donors (Lipinski definition) is 0. The Morgan fingerprint density at radius 1 is 1.00 bits per heavy atom. The minimum atomic E-state index is -0.0883. The Morgan fingerprint density at radius 2 is 1.50 bits per heavy atom. The van der Waals surface area contributed by atoms with E-state index in [2.05, 4.69) is 18.7 Å². The lowest BCUT2D eigenvalue weighted by Gasteiger charge is -2.30. The largest absolute Gasteiger partial charge is 0.277 e. The van der Waals surface area contributed by atoms with Crippen molar-refractivity contribution in [1.29, 1.82) is 0 Å². The van der Waals surface area contributed by atoms with Crippen LogP contribution in [-0.4, -0.2) is 5.91 Å². The SMILES string of the molecule is C=CC(=O)N1c2ccccc2Cc2ccccc21. The summed E-state index contributed by atoms with van der Waals surface area (Å²) in [5.41, 5.74) is 4.26. The van der Waals surface area contributed by atoms with Gasteiger partial charge in [0.05, 0.1) is 11.4 Å². The Hall–Kier alpha value is -2.35.